The van der Waals surface area contributed by atoms with Gasteiger partial charge in [-0.1, -0.05) is 24.3 Å². The molecule has 3 N–H and O–H groups in total. The Morgan fingerprint density at radius 2 is 1.90 bits per heavy atom. The molecule has 3 rings (SSSR count). The molecule has 12 heteroatoms. The monoisotopic (exact) mass is 436 g/mol. The normalized spacial score (nSPS) is 24.7. The summed E-state index contributed by atoms with van der Waals surface area (Å²) in [6.07, 6.45) is -5.45. The van der Waals surface area contributed by atoms with Crippen LogP contribution in [0.5, 0.6) is 5.75 Å². The minimum atomic E-state index is -5.45. The molecule has 0 saturated carbocycles. The van der Waals surface area contributed by atoms with Gasteiger partial charge in [-0.15, -0.1) is 11.3 Å². The summed E-state index contributed by atoms with van der Waals surface area (Å²) in [5, 5.41) is 15.3. The molecular formula is C17H13F5N2O4S. The van der Waals surface area contributed by atoms with Gasteiger partial charge < -0.3 is 20.5 Å². The predicted molar refractivity (Wildman–Crippen MR) is 90.6 cm³/mol. The number of ether oxygens (including phenoxy) is 1. The summed E-state index contributed by atoms with van der Waals surface area (Å²) < 4.78 is 71.1. The molecule has 1 aliphatic heterocycles. The number of halogens is 5. The third-order valence-corrected chi connectivity index (χ3v) is 5.21. The molecule has 1 fully saturated rings. The number of alkyl halides is 5. The van der Waals surface area contributed by atoms with Crippen LogP contribution in [0.3, 0.4) is 0 Å². The van der Waals surface area contributed by atoms with Crippen LogP contribution in [0, 0.1) is 5.92 Å². The van der Waals surface area contributed by atoms with Gasteiger partial charge in [-0.25, -0.2) is 4.79 Å². The topological polar surface area (TPSA) is 87.7 Å². The van der Waals surface area contributed by atoms with Gasteiger partial charge in [0.25, 0.3) is 0 Å². The smallest absolute Gasteiger partial charge is 0.434 e. The second-order valence-electron chi connectivity index (χ2n) is 6.08. The largest absolute Gasteiger partial charge is 0.437 e. The van der Waals surface area contributed by atoms with Crippen LogP contribution >= 0.6 is 11.3 Å². The number of carbonyl (C=O) groups excluding carboxylic acids is 2. The van der Waals surface area contributed by atoms with Gasteiger partial charge in [0.05, 0.1) is 10.9 Å². The molecule has 0 aliphatic carbocycles. The number of urea groups is 1. The highest BCUT2D eigenvalue weighted by Gasteiger charge is 2.66. The maximum absolute atomic E-state index is 13.8. The number of nitrogens with one attached hydrogen (secondary N) is 2. The Bertz CT molecular complexity index is 905. The first kappa shape index (κ1) is 21.0. The van der Waals surface area contributed by atoms with E-state index < -0.39 is 48.0 Å². The van der Waals surface area contributed by atoms with Crippen molar-refractivity contribution in [1.82, 2.24) is 10.6 Å². The van der Waals surface area contributed by atoms with Crippen molar-refractivity contribution in [2.75, 3.05) is 0 Å². The number of rotatable bonds is 5. The van der Waals surface area contributed by atoms with Gasteiger partial charge in [-0.2, -0.15) is 22.0 Å². The van der Waals surface area contributed by atoms with E-state index in [-0.39, 0.29) is 10.4 Å². The lowest BCUT2D eigenvalue weighted by Crippen LogP contribution is -2.72. The maximum atomic E-state index is 13.8. The molecule has 29 heavy (non-hydrogen) atoms. The quantitative estimate of drug-likeness (QED) is 0.495. The molecule has 156 valence electrons. The highest BCUT2D eigenvalue weighted by molar-refractivity contribution is 7.12. The number of Topliss-reactive ketones (excluding diaryl/α,β-unsaturated/α-hetero) is 1. The van der Waals surface area contributed by atoms with Gasteiger partial charge in [0.15, 0.2) is 5.78 Å². The van der Waals surface area contributed by atoms with Crippen molar-refractivity contribution in [3.63, 3.8) is 0 Å². The average molecular weight is 436 g/mol. The van der Waals surface area contributed by atoms with Crippen LogP contribution in [0.15, 0.2) is 41.8 Å². The van der Waals surface area contributed by atoms with Crippen molar-refractivity contribution in [3.8, 4) is 5.75 Å². The van der Waals surface area contributed by atoms with Gasteiger partial charge in [0.1, 0.15) is 11.7 Å². The average Bonchev–Trinajstić information content (AvgIpc) is 3.14. The van der Waals surface area contributed by atoms with Crippen LogP contribution in [0.1, 0.15) is 21.3 Å². The van der Waals surface area contributed by atoms with E-state index in [0.717, 1.165) is 23.5 Å². The Labute approximate surface area is 164 Å². The van der Waals surface area contributed by atoms with Gasteiger partial charge in [0.2, 0.25) is 5.72 Å². The number of benzene rings is 1. The van der Waals surface area contributed by atoms with E-state index in [9.17, 15) is 36.6 Å². The van der Waals surface area contributed by atoms with Crippen molar-refractivity contribution in [2.45, 2.75) is 24.6 Å². The Hall–Kier alpha value is -2.73. The summed E-state index contributed by atoms with van der Waals surface area (Å²) in [6, 6.07) is 4.20. The molecule has 2 aromatic rings. The molecule has 3 unspecified atom stereocenters. The van der Waals surface area contributed by atoms with Crippen LogP contribution < -0.4 is 15.4 Å². The summed E-state index contributed by atoms with van der Waals surface area (Å²) in [7, 11) is 0. The van der Waals surface area contributed by atoms with E-state index in [4.69, 9.17) is 0 Å². The summed E-state index contributed by atoms with van der Waals surface area (Å²) in [6.45, 7) is -3.30. The number of amides is 2. The molecule has 2 amide bonds. The highest BCUT2D eigenvalue weighted by atomic mass is 32.1. The fourth-order valence-electron chi connectivity index (χ4n) is 3.11. The SMILES string of the molecule is O=C1NC(c2ccccc2OC(F)F)C(C(=O)c2cccs2)C(O)(C(F)(F)F)N1. The molecule has 0 bridgehead atoms. The molecule has 3 atom stereocenters. The zero-order valence-electron chi connectivity index (χ0n) is 14.2. The fraction of sp³-hybridized carbons (Fsp3) is 0.294. The maximum Gasteiger partial charge on any atom is 0.437 e. The standard InChI is InChI=1S/C17H13F5N2O4S/c18-14(19)28-9-5-2-1-4-8(9)12-11(13(25)10-6-3-7-29-10)16(27,17(20,21)22)24-15(26)23-12/h1-7,11-12,14,27H,(H2,23,24,26). The molecule has 2 heterocycles. The van der Waals surface area contributed by atoms with Crippen LogP contribution in [-0.4, -0.2) is 35.4 Å². The second kappa shape index (κ2) is 7.59. The number of hydrogen-bond acceptors (Lipinski definition) is 5. The second-order valence-corrected chi connectivity index (χ2v) is 7.02. The van der Waals surface area contributed by atoms with Crippen molar-refractivity contribution < 1.29 is 41.4 Å². The lowest BCUT2D eigenvalue weighted by Gasteiger charge is -2.45. The van der Waals surface area contributed by atoms with Gasteiger partial charge in [0, 0.05) is 5.56 Å². The third-order valence-electron chi connectivity index (χ3n) is 4.32. The molecule has 1 aromatic carbocycles. The lowest BCUT2D eigenvalue weighted by atomic mass is 9.78. The number of hydrogen-bond donors (Lipinski definition) is 3. The summed E-state index contributed by atoms with van der Waals surface area (Å²) in [4.78, 5) is 24.7. The van der Waals surface area contributed by atoms with E-state index >= 15 is 0 Å². The number of carbonyl (C=O) groups is 2. The molecule has 0 radical (unpaired) electrons. The van der Waals surface area contributed by atoms with E-state index in [2.05, 4.69) is 10.1 Å². The Balaban J connectivity index is 2.18. The molecule has 1 aliphatic rings. The zero-order valence-corrected chi connectivity index (χ0v) is 15.1. The van der Waals surface area contributed by atoms with Crippen LogP contribution in [-0.2, 0) is 0 Å². The van der Waals surface area contributed by atoms with E-state index in [1.54, 1.807) is 0 Å². The Morgan fingerprint density at radius 3 is 2.48 bits per heavy atom. The molecule has 6 nitrogen and oxygen atoms in total. The summed E-state index contributed by atoms with van der Waals surface area (Å²) in [5.41, 5.74) is -4.26. The number of aliphatic hydroxyl groups is 1. The van der Waals surface area contributed by atoms with E-state index in [0.29, 0.717) is 0 Å². The first-order valence-electron chi connectivity index (χ1n) is 8.04. The molecule has 1 aromatic heterocycles. The van der Waals surface area contributed by atoms with Crippen LogP contribution in [0.2, 0.25) is 0 Å². The number of ketones is 1. The number of thiophene rings is 1. The van der Waals surface area contributed by atoms with Crippen molar-refractivity contribution in [2.24, 2.45) is 5.92 Å². The summed E-state index contributed by atoms with van der Waals surface area (Å²) >= 11 is 0.829. The van der Waals surface area contributed by atoms with Gasteiger partial charge in [-0.3, -0.25) is 4.79 Å². The van der Waals surface area contributed by atoms with E-state index in [1.165, 1.54) is 35.0 Å². The Kier molecular flexibility index (Phi) is 5.50. The van der Waals surface area contributed by atoms with Gasteiger partial charge >= 0.3 is 18.8 Å². The van der Waals surface area contributed by atoms with Crippen LogP contribution in [0.4, 0.5) is 26.7 Å². The first-order valence-corrected chi connectivity index (χ1v) is 8.92. The van der Waals surface area contributed by atoms with Crippen LogP contribution in [0.25, 0.3) is 0 Å². The molecular weight excluding hydrogens is 423 g/mol. The lowest BCUT2D eigenvalue weighted by molar-refractivity contribution is -0.287. The van der Waals surface area contributed by atoms with E-state index in [1.807, 2.05) is 0 Å². The first-order chi connectivity index (χ1) is 13.5. The predicted octanol–water partition coefficient (Wildman–Crippen LogP) is 3.45. The minimum absolute atomic E-state index is 0.118. The Morgan fingerprint density at radius 1 is 1.21 bits per heavy atom. The summed E-state index contributed by atoms with van der Waals surface area (Å²) in [5.74, 6) is -3.99. The van der Waals surface area contributed by atoms with Crippen molar-refractivity contribution >= 4 is 23.2 Å². The minimum Gasteiger partial charge on any atom is -0.434 e. The molecule has 0 spiro atoms. The highest BCUT2D eigenvalue weighted by Crippen LogP contribution is 2.46. The van der Waals surface area contributed by atoms with Gasteiger partial charge in [-0.05, 0) is 17.5 Å². The fourth-order valence-corrected chi connectivity index (χ4v) is 3.82. The van der Waals surface area contributed by atoms with Crippen molar-refractivity contribution in [3.05, 3.63) is 52.2 Å². The third kappa shape index (κ3) is 3.90. The van der Waals surface area contributed by atoms with Crippen molar-refractivity contribution in [1.29, 1.82) is 0 Å². The number of para-hydroxylation sites is 1. The molecule has 1 saturated heterocycles. The zero-order chi connectivity index (χ0) is 21.4.